The molecule has 0 aliphatic rings. The Bertz CT molecular complexity index is 488. The van der Waals surface area contributed by atoms with Crippen molar-refractivity contribution in [3.05, 3.63) is 33.9 Å². The quantitative estimate of drug-likeness (QED) is 0.295. The first-order valence-electron chi connectivity index (χ1n) is 5.81. The fourth-order valence-electron chi connectivity index (χ4n) is 1.68. The fraction of sp³-hybridized carbons (Fsp3) is 0.364. The van der Waals surface area contributed by atoms with Crippen LogP contribution in [0.1, 0.15) is 10.4 Å². The zero-order valence-corrected chi connectivity index (χ0v) is 10.7. The normalized spacial score (nSPS) is 10.2. The molecule has 0 radical (unpaired) electrons. The molecule has 0 aromatic heterocycles. The summed E-state index contributed by atoms with van der Waals surface area (Å²) in [5, 5.41) is 28.5. The standard InChI is InChI=1S/C11H16N4O5/c12-13-9-7-8(1-2-10(9)15(19)20)11(18)14(3-5-16)4-6-17/h1-2,7,13,16-17H,3-6,12H2. The fourth-order valence-corrected chi connectivity index (χ4v) is 1.68. The number of nitrogens with two attached hydrogens (primary N) is 1. The number of nitro groups is 1. The average molecular weight is 284 g/mol. The van der Waals surface area contributed by atoms with Gasteiger partial charge in [0.2, 0.25) is 0 Å². The van der Waals surface area contributed by atoms with Gasteiger partial charge < -0.3 is 20.5 Å². The van der Waals surface area contributed by atoms with E-state index < -0.39 is 10.8 Å². The van der Waals surface area contributed by atoms with Crippen LogP contribution in [0.25, 0.3) is 0 Å². The second kappa shape index (κ2) is 7.38. The van der Waals surface area contributed by atoms with Gasteiger partial charge >= 0.3 is 0 Å². The van der Waals surface area contributed by atoms with Crippen molar-refractivity contribution in [2.45, 2.75) is 0 Å². The second-order valence-electron chi connectivity index (χ2n) is 3.87. The Morgan fingerprint density at radius 3 is 2.40 bits per heavy atom. The summed E-state index contributed by atoms with van der Waals surface area (Å²) in [5.41, 5.74) is 2.09. The molecule has 1 aromatic carbocycles. The highest BCUT2D eigenvalue weighted by molar-refractivity contribution is 5.96. The molecule has 5 N–H and O–H groups in total. The van der Waals surface area contributed by atoms with Gasteiger partial charge in [-0.1, -0.05) is 0 Å². The number of hydrogen-bond acceptors (Lipinski definition) is 7. The number of carbonyl (C=O) groups excluding carboxylic acids is 1. The molecule has 1 amide bonds. The lowest BCUT2D eigenvalue weighted by atomic mass is 10.1. The van der Waals surface area contributed by atoms with Crippen LogP contribution in [-0.2, 0) is 0 Å². The van der Waals surface area contributed by atoms with Crippen LogP contribution in [0.2, 0.25) is 0 Å². The van der Waals surface area contributed by atoms with Crippen LogP contribution in [0.15, 0.2) is 18.2 Å². The molecule has 0 spiro atoms. The Morgan fingerprint density at radius 1 is 1.35 bits per heavy atom. The summed E-state index contributed by atoms with van der Waals surface area (Å²) in [6, 6.07) is 3.71. The Kier molecular flexibility index (Phi) is 5.84. The number of hydrazine groups is 1. The van der Waals surface area contributed by atoms with Crippen LogP contribution in [0.5, 0.6) is 0 Å². The van der Waals surface area contributed by atoms with Crippen molar-refractivity contribution >= 4 is 17.3 Å². The Morgan fingerprint density at radius 2 is 1.95 bits per heavy atom. The summed E-state index contributed by atoms with van der Waals surface area (Å²) in [6.07, 6.45) is 0. The zero-order valence-electron chi connectivity index (χ0n) is 10.7. The number of benzene rings is 1. The summed E-state index contributed by atoms with van der Waals surface area (Å²) in [4.78, 5) is 23.5. The number of amides is 1. The smallest absolute Gasteiger partial charge is 0.293 e. The van der Waals surface area contributed by atoms with Gasteiger partial charge in [0, 0.05) is 24.7 Å². The molecule has 0 heterocycles. The van der Waals surface area contributed by atoms with Gasteiger partial charge in [-0.05, 0) is 12.1 Å². The number of nitro benzene ring substituents is 1. The van der Waals surface area contributed by atoms with Gasteiger partial charge in [0.15, 0.2) is 0 Å². The molecule has 9 heteroatoms. The molecule has 0 aliphatic heterocycles. The summed E-state index contributed by atoms with van der Waals surface area (Å²) >= 11 is 0. The monoisotopic (exact) mass is 284 g/mol. The summed E-state index contributed by atoms with van der Waals surface area (Å²) < 4.78 is 0. The lowest BCUT2D eigenvalue weighted by Crippen LogP contribution is -2.35. The molecular formula is C11H16N4O5. The van der Waals surface area contributed by atoms with Gasteiger partial charge in [-0.25, -0.2) is 0 Å². The molecular weight excluding hydrogens is 268 g/mol. The van der Waals surface area contributed by atoms with E-state index in [1.165, 1.54) is 23.1 Å². The van der Waals surface area contributed by atoms with Crippen molar-refractivity contribution in [1.29, 1.82) is 0 Å². The highest BCUT2D eigenvalue weighted by Gasteiger charge is 2.19. The van der Waals surface area contributed by atoms with E-state index in [9.17, 15) is 14.9 Å². The first-order chi connectivity index (χ1) is 9.54. The maximum atomic E-state index is 12.1. The maximum Gasteiger partial charge on any atom is 0.293 e. The van der Waals surface area contributed by atoms with E-state index in [0.717, 1.165) is 0 Å². The summed E-state index contributed by atoms with van der Waals surface area (Å²) in [7, 11) is 0. The van der Waals surface area contributed by atoms with E-state index in [1.54, 1.807) is 0 Å². The molecule has 0 aliphatic carbocycles. The van der Waals surface area contributed by atoms with Crippen molar-refractivity contribution in [3.63, 3.8) is 0 Å². The third-order valence-electron chi connectivity index (χ3n) is 2.62. The second-order valence-corrected chi connectivity index (χ2v) is 3.87. The number of aliphatic hydroxyl groups excluding tert-OH is 2. The molecule has 20 heavy (non-hydrogen) atoms. The SMILES string of the molecule is NNc1cc(C(=O)N(CCO)CCO)ccc1[N+](=O)[O-]. The van der Waals surface area contributed by atoms with Crippen LogP contribution >= 0.6 is 0 Å². The van der Waals surface area contributed by atoms with Gasteiger partial charge in [-0.2, -0.15) is 0 Å². The number of nitrogens with zero attached hydrogens (tertiary/aromatic N) is 2. The van der Waals surface area contributed by atoms with Crippen LogP contribution < -0.4 is 11.3 Å². The van der Waals surface area contributed by atoms with Crippen molar-refractivity contribution in [3.8, 4) is 0 Å². The van der Waals surface area contributed by atoms with Gasteiger partial charge in [0.05, 0.1) is 18.1 Å². The predicted octanol–water partition coefficient (Wildman–Crippen LogP) is -0.693. The van der Waals surface area contributed by atoms with Gasteiger partial charge in [-0.3, -0.25) is 20.8 Å². The van der Waals surface area contributed by atoms with Crippen LogP contribution in [0, 0.1) is 10.1 Å². The Labute approximate surface area is 114 Å². The number of anilines is 1. The van der Waals surface area contributed by atoms with Gasteiger partial charge in [0.1, 0.15) is 5.69 Å². The topological polar surface area (TPSA) is 142 Å². The van der Waals surface area contributed by atoms with Crippen LogP contribution in [0.4, 0.5) is 11.4 Å². The molecule has 0 unspecified atom stereocenters. The molecule has 9 nitrogen and oxygen atoms in total. The van der Waals surface area contributed by atoms with Crippen molar-refractivity contribution in [2.75, 3.05) is 31.7 Å². The van der Waals surface area contributed by atoms with E-state index in [1.807, 2.05) is 0 Å². The number of hydrogen-bond donors (Lipinski definition) is 4. The molecule has 0 saturated heterocycles. The van der Waals surface area contributed by atoms with Crippen LogP contribution in [-0.4, -0.2) is 52.2 Å². The number of aliphatic hydroxyl groups is 2. The van der Waals surface area contributed by atoms with E-state index in [4.69, 9.17) is 16.1 Å². The molecule has 110 valence electrons. The van der Waals surface area contributed by atoms with Crippen molar-refractivity contribution in [2.24, 2.45) is 5.84 Å². The van der Waals surface area contributed by atoms with Crippen molar-refractivity contribution < 1.29 is 19.9 Å². The maximum absolute atomic E-state index is 12.1. The minimum Gasteiger partial charge on any atom is -0.395 e. The van der Waals surface area contributed by atoms with Crippen LogP contribution in [0.3, 0.4) is 0 Å². The lowest BCUT2D eigenvalue weighted by Gasteiger charge is -2.20. The number of carbonyl (C=O) groups is 1. The average Bonchev–Trinajstić information content (AvgIpc) is 2.45. The molecule has 1 rings (SSSR count). The van der Waals surface area contributed by atoms with E-state index in [-0.39, 0.29) is 43.2 Å². The Hall–Kier alpha value is -2.23. The number of nitrogen functional groups attached to an aromatic ring is 1. The highest BCUT2D eigenvalue weighted by atomic mass is 16.6. The van der Waals surface area contributed by atoms with E-state index in [2.05, 4.69) is 5.43 Å². The molecule has 0 atom stereocenters. The number of rotatable bonds is 7. The molecule has 0 bridgehead atoms. The minimum atomic E-state index is -0.622. The third kappa shape index (κ3) is 3.63. The third-order valence-corrected chi connectivity index (χ3v) is 2.62. The molecule has 0 saturated carbocycles. The zero-order chi connectivity index (χ0) is 15.1. The summed E-state index contributed by atoms with van der Waals surface area (Å²) in [5.74, 6) is 4.73. The first kappa shape index (κ1) is 15.8. The minimum absolute atomic E-state index is 0.00815. The molecule has 1 aromatic rings. The van der Waals surface area contributed by atoms with E-state index in [0.29, 0.717) is 0 Å². The predicted molar refractivity (Wildman–Crippen MR) is 71.0 cm³/mol. The highest BCUT2D eigenvalue weighted by Crippen LogP contribution is 2.25. The number of nitrogens with one attached hydrogen (secondary N) is 1. The molecule has 0 fully saturated rings. The first-order valence-corrected chi connectivity index (χ1v) is 5.81. The van der Waals surface area contributed by atoms with Gasteiger partial charge in [0.25, 0.3) is 11.6 Å². The van der Waals surface area contributed by atoms with E-state index >= 15 is 0 Å². The van der Waals surface area contributed by atoms with Crippen molar-refractivity contribution in [1.82, 2.24) is 4.90 Å². The lowest BCUT2D eigenvalue weighted by molar-refractivity contribution is -0.384. The summed E-state index contributed by atoms with van der Waals surface area (Å²) in [6.45, 7) is -0.384. The Balaban J connectivity index is 3.06. The van der Waals surface area contributed by atoms with Gasteiger partial charge in [-0.15, -0.1) is 0 Å². The largest absolute Gasteiger partial charge is 0.395 e.